The van der Waals surface area contributed by atoms with Crippen molar-refractivity contribution in [1.82, 2.24) is 29.5 Å². The average Bonchev–Trinajstić information content (AvgIpc) is 3.26. The van der Waals surface area contributed by atoms with Gasteiger partial charge >= 0.3 is 5.69 Å². The molecule has 1 amide bonds. The lowest BCUT2D eigenvalue weighted by Crippen LogP contribution is -2.53. The number of hydrogen-bond donors (Lipinski definition) is 2. The highest BCUT2D eigenvalue weighted by molar-refractivity contribution is 5.90. The van der Waals surface area contributed by atoms with E-state index < -0.39 is 0 Å². The maximum absolute atomic E-state index is 12.5. The van der Waals surface area contributed by atoms with E-state index in [1.54, 1.807) is 11.4 Å². The van der Waals surface area contributed by atoms with Crippen LogP contribution in [0.5, 0.6) is 0 Å². The van der Waals surface area contributed by atoms with Crippen LogP contribution in [-0.4, -0.2) is 69.3 Å². The fourth-order valence-corrected chi connectivity index (χ4v) is 6.14. The van der Waals surface area contributed by atoms with Crippen molar-refractivity contribution in [3.63, 3.8) is 0 Å². The third kappa shape index (κ3) is 4.36. The van der Waals surface area contributed by atoms with Crippen molar-refractivity contribution >= 4 is 22.5 Å². The van der Waals surface area contributed by atoms with Crippen LogP contribution >= 0.6 is 0 Å². The van der Waals surface area contributed by atoms with E-state index in [1.807, 2.05) is 25.4 Å². The van der Waals surface area contributed by atoms with Crippen molar-refractivity contribution in [3.05, 3.63) is 46.1 Å². The minimum absolute atomic E-state index is 0.125. The topological polar surface area (TPSA) is 85.7 Å². The third-order valence-electron chi connectivity index (χ3n) is 7.97. The minimum Gasteiger partial charge on any atom is -0.359 e. The number of hydrogen-bond acceptors (Lipinski definition) is 5. The molecule has 8 heteroatoms. The highest BCUT2D eigenvalue weighted by Gasteiger charge is 2.36. The van der Waals surface area contributed by atoms with Crippen LogP contribution in [0.25, 0.3) is 16.6 Å². The number of aromatic nitrogens is 3. The summed E-state index contributed by atoms with van der Waals surface area (Å²) in [7, 11) is 1.75. The van der Waals surface area contributed by atoms with Gasteiger partial charge in [-0.2, -0.15) is 0 Å². The molecule has 3 unspecified atom stereocenters. The van der Waals surface area contributed by atoms with E-state index in [9.17, 15) is 9.59 Å². The molecule has 5 rings (SSSR count). The number of rotatable bonds is 5. The highest BCUT2D eigenvalue weighted by atomic mass is 16.2. The van der Waals surface area contributed by atoms with E-state index in [0.717, 1.165) is 86.1 Å². The molecule has 1 saturated carbocycles. The maximum atomic E-state index is 12.5. The summed E-state index contributed by atoms with van der Waals surface area (Å²) < 4.78 is 1.63. The number of nitrogens with one attached hydrogen (secondary N) is 2. The molecule has 0 aromatic carbocycles. The van der Waals surface area contributed by atoms with Gasteiger partial charge < -0.3 is 10.3 Å². The Morgan fingerprint density at radius 3 is 2.74 bits per heavy atom. The Bertz CT molecular complexity index is 1240. The van der Waals surface area contributed by atoms with Crippen LogP contribution < -0.4 is 11.0 Å². The standard InChI is InChI=1S/C26H36N6O2/c1-4-19-13-20(25(33)27-3)5-6-22(19)31-9-7-30(8-10-31)16-18-12-21-24(28-14-18)23-11-17(2)15-32(23)26(34)29-21/h11-12,14-15,19-20,22H,4-10,13,16H2,1-3H3,(H,27,33)(H,29,34). The van der Waals surface area contributed by atoms with Crippen LogP contribution in [0.1, 0.15) is 43.7 Å². The molecule has 4 heterocycles. The summed E-state index contributed by atoms with van der Waals surface area (Å²) in [6.45, 7) is 9.27. The number of piperazine rings is 1. The molecule has 2 aliphatic rings. The van der Waals surface area contributed by atoms with E-state index in [0.29, 0.717) is 12.0 Å². The Morgan fingerprint density at radius 2 is 2.00 bits per heavy atom. The van der Waals surface area contributed by atoms with E-state index in [1.165, 1.54) is 0 Å². The smallest absolute Gasteiger partial charge is 0.330 e. The molecule has 34 heavy (non-hydrogen) atoms. The van der Waals surface area contributed by atoms with Gasteiger partial charge in [0.05, 0.1) is 11.0 Å². The van der Waals surface area contributed by atoms with Gasteiger partial charge in [-0.15, -0.1) is 0 Å². The van der Waals surface area contributed by atoms with Crippen LogP contribution in [0.2, 0.25) is 0 Å². The van der Waals surface area contributed by atoms with Crippen molar-refractivity contribution in [1.29, 1.82) is 0 Å². The molecule has 3 aromatic rings. The summed E-state index contributed by atoms with van der Waals surface area (Å²) in [6.07, 6.45) is 8.05. The number of amides is 1. The van der Waals surface area contributed by atoms with Gasteiger partial charge in [-0.3, -0.25) is 24.0 Å². The number of H-pyrrole nitrogens is 1. The number of nitrogens with zero attached hydrogens (tertiary/aromatic N) is 4. The second-order valence-electron chi connectivity index (χ2n) is 10.1. The van der Waals surface area contributed by atoms with Gasteiger partial charge in [0.1, 0.15) is 5.52 Å². The van der Waals surface area contributed by atoms with Gasteiger partial charge in [0.25, 0.3) is 0 Å². The number of pyridine rings is 1. The van der Waals surface area contributed by atoms with Crippen molar-refractivity contribution in [2.24, 2.45) is 11.8 Å². The molecular formula is C26H36N6O2. The molecule has 182 valence electrons. The zero-order valence-corrected chi connectivity index (χ0v) is 20.5. The monoisotopic (exact) mass is 464 g/mol. The third-order valence-corrected chi connectivity index (χ3v) is 7.97. The molecule has 0 radical (unpaired) electrons. The first-order chi connectivity index (χ1) is 16.5. The lowest BCUT2D eigenvalue weighted by Gasteiger charge is -2.45. The molecule has 2 N–H and O–H groups in total. The molecule has 2 fully saturated rings. The molecular weight excluding hydrogens is 428 g/mol. The molecule has 0 bridgehead atoms. The first-order valence-electron chi connectivity index (χ1n) is 12.6. The van der Waals surface area contributed by atoms with Crippen molar-refractivity contribution in [2.75, 3.05) is 33.2 Å². The zero-order chi connectivity index (χ0) is 23.8. The second kappa shape index (κ2) is 9.50. The summed E-state index contributed by atoms with van der Waals surface area (Å²) in [5.74, 6) is 0.981. The Hall–Kier alpha value is -2.71. The van der Waals surface area contributed by atoms with Crippen LogP contribution in [0.4, 0.5) is 0 Å². The summed E-state index contributed by atoms with van der Waals surface area (Å²) in [6, 6.07) is 4.68. The highest BCUT2D eigenvalue weighted by Crippen LogP contribution is 2.35. The van der Waals surface area contributed by atoms with Crippen LogP contribution in [0.3, 0.4) is 0 Å². The summed E-state index contributed by atoms with van der Waals surface area (Å²) in [5, 5.41) is 2.84. The Labute approximate surface area is 200 Å². The SMILES string of the molecule is CCC1CC(C(=O)NC)CCC1N1CCN(Cc2cnc3c(c2)[nH]c(=O)n2cc(C)cc32)CC1. The van der Waals surface area contributed by atoms with E-state index >= 15 is 0 Å². The summed E-state index contributed by atoms with van der Waals surface area (Å²) in [4.78, 5) is 37.4. The van der Waals surface area contributed by atoms with E-state index in [-0.39, 0.29) is 17.5 Å². The number of fused-ring (bicyclic) bond motifs is 3. The molecule has 0 spiro atoms. The molecule has 8 nitrogen and oxygen atoms in total. The predicted molar refractivity (Wildman–Crippen MR) is 134 cm³/mol. The van der Waals surface area contributed by atoms with E-state index in [2.05, 4.69) is 33.1 Å². The molecule has 1 saturated heterocycles. The first kappa shape index (κ1) is 23.1. The van der Waals surface area contributed by atoms with Gasteiger partial charge in [-0.05, 0) is 55.4 Å². The van der Waals surface area contributed by atoms with Crippen molar-refractivity contribution in [3.8, 4) is 0 Å². The Kier molecular flexibility index (Phi) is 6.44. The van der Waals surface area contributed by atoms with Crippen LogP contribution in [0, 0.1) is 18.8 Å². The average molecular weight is 465 g/mol. The molecule has 3 atom stereocenters. The fourth-order valence-electron chi connectivity index (χ4n) is 6.14. The fraction of sp³-hybridized carbons (Fsp3) is 0.577. The van der Waals surface area contributed by atoms with Gasteiger partial charge in [0, 0.05) is 64.1 Å². The molecule has 3 aromatic heterocycles. The van der Waals surface area contributed by atoms with E-state index in [4.69, 9.17) is 4.98 Å². The van der Waals surface area contributed by atoms with Gasteiger partial charge in [0.2, 0.25) is 5.91 Å². The Morgan fingerprint density at radius 1 is 1.21 bits per heavy atom. The van der Waals surface area contributed by atoms with Gasteiger partial charge in [-0.1, -0.05) is 13.3 Å². The largest absolute Gasteiger partial charge is 0.359 e. The minimum atomic E-state index is -0.125. The van der Waals surface area contributed by atoms with Crippen molar-refractivity contribution < 1.29 is 4.79 Å². The molecule has 1 aliphatic carbocycles. The number of aryl methyl sites for hydroxylation is 1. The number of aromatic amines is 1. The van der Waals surface area contributed by atoms with Gasteiger partial charge in [0.15, 0.2) is 0 Å². The number of carbonyl (C=O) groups excluding carboxylic acids is 1. The lowest BCUT2D eigenvalue weighted by atomic mass is 9.75. The number of carbonyl (C=O) groups is 1. The zero-order valence-electron chi connectivity index (χ0n) is 20.5. The quantitative estimate of drug-likeness (QED) is 0.606. The second-order valence-corrected chi connectivity index (χ2v) is 10.1. The van der Waals surface area contributed by atoms with Gasteiger partial charge in [-0.25, -0.2) is 4.79 Å². The van der Waals surface area contributed by atoms with Crippen LogP contribution in [0.15, 0.2) is 29.3 Å². The van der Waals surface area contributed by atoms with Crippen molar-refractivity contribution in [2.45, 2.75) is 52.1 Å². The summed E-state index contributed by atoms with van der Waals surface area (Å²) >= 11 is 0. The molecule has 1 aliphatic heterocycles. The lowest BCUT2D eigenvalue weighted by molar-refractivity contribution is -0.126. The maximum Gasteiger partial charge on any atom is 0.330 e. The Balaban J connectivity index is 1.23. The predicted octanol–water partition coefficient (Wildman–Crippen LogP) is 2.54. The van der Waals surface area contributed by atoms with Crippen LogP contribution in [-0.2, 0) is 11.3 Å². The normalized spacial score (nSPS) is 24.6. The summed E-state index contributed by atoms with van der Waals surface area (Å²) in [5.41, 5.74) is 4.54. The first-order valence-corrected chi connectivity index (χ1v) is 12.6.